The van der Waals surface area contributed by atoms with Crippen molar-refractivity contribution in [2.75, 3.05) is 19.5 Å². The molecule has 9 nitrogen and oxygen atoms in total. The number of thiazole rings is 1. The maximum Gasteiger partial charge on any atom is 0.249 e. The molecule has 0 radical (unpaired) electrons. The quantitative estimate of drug-likeness (QED) is 0.534. The Hall–Kier alpha value is -3.53. The fourth-order valence-electron chi connectivity index (χ4n) is 2.56. The number of amides is 1. The molecule has 0 saturated heterocycles. The normalized spacial score (nSPS) is 10.8. The third-order valence-electron chi connectivity index (χ3n) is 3.91. The maximum absolute atomic E-state index is 12.3. The summed E-state index contributed by atoms with van der Waals surface area (Å²) in [7, 11) is 3.20. The van der Waals surface area contributed by atoms with E-state index in [1.165, 1.54) is 16.1 Å². The molecule has 0 aliphatic carbocycles. The van der Waals surface area contributed by atoms with Crippen LogP contribution in [0.1, 0.15) is 0 Å². The highest BCUT2D eigenvalue weighted by molar-refractivity contribution is 7.22. The van der Waals surface area contributed by atoms with Crippen LogP contribution in [0.25, 0.3) is 21.6 Å². The van der Waals surface area contributed by atoms with Crippen LogP contribution in [0.4, 0.5) is 5.13 Å². The zero-order valence-corrected chi connectivity index (χ0v) is 15.9. The van der Waals surface area contributed by atoms with Crippen LogP contribution in [0.3, 0.4) is 0 Å². The average molecular weight is 396 g/mol. The summed E-state index contributed by atoms with van der Waals surface area (Å²) in [5.74, 6) is 1.56. The SMILES string of the molecule is COc1cccc(-c2nnn(CC(=O)Nc3nc4ccc(OC)cc4s3)n2)c1. The molecule has 142 valence electrons. The van der Waals surface area contributed by atoms with Crippen LogP contribution in [-0.4, -0.2) is 45.3 Å². The molecule has 2 aromatic carbocycles. The lowest BCUT2D eigenvalue weighted by molar-refractivity contribution is -0.117. The fraction of sp³-hybridized carbons (Fsp3) is 0.167. The van der Waals surface area contributed by atoms with Crippen molar-refractivity contribution >= 4 is 32.6 Å². The smallest absolute Gasteiger partial charge is 0.249 e. The first-order valence-electron chi connectivity index (χ1n) is 8.31. The zero-order chi connectivity index (χ0) is 19.5. The third-order valence-corrected chi connectivity index (χ3v) is 4.84. The van der Waals surface area contributed by atoms with E-state index in [-0.39, 0.29) is 12.5 Å². The van der Waals surface area contributed by atoms with Crippen LogP contribution in [0.5, 0.6) is 11.5 Å². The third kappa shape index (κ3) is 3.76. The van der Waals surface area contributed by atoms with Crippen LogP contribution in [0, 0.1) is 0 Å². The van der Waals surface area contributed by atoms with Crippen LogP contribution in [0.15, 0.2) is 42.5 Å². The molecule has 0 bridgehead atoms. The van der Waals surface area contributed by atoms with Crippen molar-refractivity contribution < 1.29 is 14.3 Å². The predicted molar refractivity (Wildman–Crippen MR) is 105 cm³/mol. The molecule has 0 saturated carbocycles. The molecule has 0 spiro atoms. The number of carbonyl (C=O) groups excluding carboxylic acids is 1. The molecule has 1 amide bonds. The minimum Gasteiger partial charge on any atom is -0.497 e. The largest absolute Gasteiger partial charge is 0.497 e. The Bertz CT molecular complexity index is 1140. The second-order valence-corrected chi connectivity index (χ2v) is 6.81. The van der Waals surface area contributed by atoms with Crippen LogP contribution < -0.4 is 14.8 Å². The number of rotatable bonds is 6. The van der Waals surface area contributed by atoms with Gasteiger partial charge in [0.25, 0.3) is 0 Å². The molecule has 0 fully saturated rings. The van der Waals surface area contributed by atoms with Gasteiger partial charge in [-0.05, 0) is 35.5 Å². The lowest BCUT2D eigenvalue weighted by Crippen LogP contribution is -2.20. The van der Waals surface area contributed by atoms with E-state index in [0.29, 0.717) is 16.7 Å². The molecule has 28 heavy (non-hydrogen) atoms. The van der Waals surface area contributed by atoms with E-state index in [2.05, 4.69) is 25.7 Å². The number of aromatic nitrogens is 5. The molecule has 4 aromatic rings. The number of tetrazole rings is 1. The summed E-state index contributed by atoms with van der Waals surface area (Å²) in [6, 6.07) is 12.9. The van der Waals surface area contributed by atoms with Crippen molar-refractivity contribution in [3.63, 3.8) is 0 Å². The fourth-order valence-corrected chi connectivity index (χ4v) is 3.47. The molecular weight excluding hydrogens is 380 g/mol. The summed E-state index contributed by atoms with van der Waals surface area (Å²) in [6.07, 6.45) is 0. The standard InChI is InChI=1S/C18H16N6O3S/c1-26-12-5-3-4-11(8-12)17-21-23-24(22-17)10-16(25)20-18-19-14-7-6-13(27-2)9-15(14)28-18/h3-9H,10H2,1-2H3,(H,19,20,25). The first-order chi connectivity index (χ1) is 13.6. The van der Waals surface area contributed by atoms with E-state index in [9.17, 15) is 4.79 Å². The Morgan fingerprint density at radius 1 is 1.14 bits per heavy atom. The summed E-state index contributed by atoms with van der Waals surface area (Å²) in [4.78, 5) is 17.9. The van der Waals surface area contributed by atoms with E-state index in [4.69, 9.17) is 9.47 Å². The molecule has 0 atom stereocenters. The van der Waals surface area contributed by atoms with Gasteiger partial charge in [-0.15, -0.1) is 10.2 Å². The Balaban J connectivity index is 1.45. The summed E-state index contributed by atoms with van der Waals surface area (Å²) >= 11 is 1.37. The van der Waals surface area contributed by atoms with Crippen LogP contribution in [0.2, 0.25) is 0 Å². The number of hydrogen-bond donors (Lipinski definition) is 1. The van der Waals surface area contributed by atoms with Crippen molar-refractivity contribution in [1.29, 1.82) is 0 Å². The minimum absolute atomic E-state index is 0.0732. The van der Waals surface area contributed by atoms with Gasteiger partial charge in [0.1, 0.15) is 18.0 Å². The van der Waals surface area contributed by atoms with Gasteiger partial charge in [0, 0.05) is 5.56 Å². The highest BCUT2D eigenvalue weighted by atomic mass is 32.1. The maximum atomic E-state index is 12.3. The van der Waals surface area contributed by atoms with Gasteiger partial charge in [0.05, 0.1) is 24.4 Å². The number of anilines is 1. The topological polar surface area (TPSA) is 104 Å². The number of hydrogen-bond acceptors (Lipinski definition) is 8. The summed E-state index contributed by atoms with van der Waals surface area (Å²) < 4.78 is 11.3. The molecule has 4 rings (SSSR count). The van der Waals surface area contributed by atoms with Gasteiger partial charge in [0.15, 0.2) is 5.13 Å². The number of fused-ring (bicyclic) bond motifs is 1. The van der Waals surface area contributed by atoms with Gasteiger partial charge >= 0.3 is 0 Å². The molecule has 0 aliphatic heterocycles. The highest BCUT2D eigenvalue weighted by Gasteiger charge is 2.12. The van der Waals surface area contributed by atoms with Crippen molar-refractivity contribution in [1.82, 2.24) is 25.2 Å². The van der Waals surface area contributed by atoms with Crippen LogP contribution >= 0.6 is 11.3 Å². The lowest BCUT2D eigenvalue weighted by Gasteiger charge is -2.01. The average Bonchev–Trinajstić information content (AvgIpc) is 3.33. The number of methoxy groups -OCH3 is 2. The highest BCUT2D eigenvalue weighted by Crippen LogP contribution is 2.29. The molecule has 0 unspecified atom stereocenters. The van der Waals surface area contributed by atoms with E-state index >= 15 is 0 Å². The van der Waals surface area contributed by atoms with Crippen molar-refractivity contribution in [3.8, 4) is 22.9 Å². The Kier molecular flexibility index (Phi) is 4.85. The zero-order valence-electron chi connectivity index (χ0n) is 15.1. The van der Waals surface area contributed by atoms with Crippen molar-refractivity contribution in [2.45, 2.75) is 6.54 Å². The first-order valence-corrected chi connectivity index (χ1v) is 9.13. The van der Waals surface area contributed by atoms with Gasteiger partial charge in [-0.25, -0.2) is 4.98 Å². The summed E-state index contributed by atoms with van der Waals surface area (Å²) in [5.41, 5.74) is 1.55. The van der Waals surface area contributed by atoms with E-state index in [0.717, 1.165) is 21.5 Å². The Labute approximate surface area is 163 Å². The van der Waals surface area contributed by atoms with Gasteiger partial charge in [-0.3, -0.25) is 4.79 Å². The van der Waals surface area contributed by atoms with Gasteiger partial charge in [-0.2, -0.15) is 4.80 Å². The van der Waals surface area contributed by atoms with Crippen LogP contribution in [-0.2, 0) is 11.3 Å². The molecule has 1 N–H and O–H groups in total. The number of benzene rings is 2. The monoisotopic (exact) mass is 396 g/mol. The molecule has 10 heteroatoms. The van der Waals surface area contributed by atoms with Crippen molar-refractivity contribution in [3.05, 3.63) is 42.5 Å². The summed E-state index contributed by atoms with van der Waals surface area (Å²) in [6.45, 7) is -0.0732. The molecule has 2 heterocycles. The predicted octanol–water partition coefficient (Wildman–Crippen LogP) is 2.61. The molecular formula is C18H16N6O3S. The lowest BCUT2D eigenvalue weighted by atomic mass is 10.2. The molecule has 2 aromatic heterocycles. The van der Waals surface area contributed by atoms with E-state index in [1.807, 2.05) is 36.4 Å². The molecule has 0 aliphatic rings. The van der Waals surface area contributed by atoms with E-state index in [1.54, 1.807) is 20.3 Å². The Morgan fingerprint density at radius 2 is 1.96 bits per heavy atom. The first kappa shape index (κ1) is 17.9. The minimum atomic E-state index is -0.291. The van der Waals surface area contributed by atoms with Gasteiger partial charge < -0.3 is 14.8 Å². The van der Waals surface area contributed by atoms with Gasteiger partial charge in [0.2, 0.25) is 11.7 Å². The number of ether oxygens (including phenoxy) is 2. The Morgan fingerprint density at radius 3 is 2.79 bits per heavy atom. The second kappa shape index (κ2) is 7.61. The van der Waals surface area contributed by atoms with Crippen molar-refractivity contribution in [2.24, 2.45) is 0 Å². The number of nitrogens with zero attached hydrogens (tertiary/aromatic N) is 5. The second-order valence-electron chi connectivity index (χ2n) is 5.78. The van der Waals surface area contributed by atoms with E-state index < -0.39 is 0 Å². The number of carbonyl (C=O) groups is 1. The number of nitrogens with one attached hydrogen (secondary N) is 1. The summed E-state index contributed by atoms with van der Waals surface area (Å²) in [5, 5.41) is 15.4. The van der Waals surface area contributed by atoms with Gasteiger partial charge in [-0.1, -0.05) is 23.5 Å².